The van der Waals surface area contributed by atoms with E-state index in [0.717, 1.165) is 5.56 Å². The van der Waals surface area contributed by atoms with Crippen molar-refractivity contribution < 1.29 is 4.39 Å². The first-order valence-electron chi connectivity index (χ1n) is 5.28. The number of benzene rings is 1. The minimum Gasteiger partial charge on any atom is -0.321 e. The van der Waals surface area contributed by atoms with Crippen LogP contribution in [0.3, 0.4) is 0 Å². The summed E-state index contributed by atoms with van der Waals surface area (Å²) in [6.45, 7) is 0. The van der Waals surface area contributed by atoms with Crippen LogP contribution in [0.4, 0.5) is 4.39 Å². The molecule has 2 saturated carbocycles. The van der Waals surface area contributed by atoms with Crippen molar-refractivity contribution in [1.29, 1.82) is 0 Å². The zero-order valence-corrected chi connectivity index (χ0v) is 8.04. The minimum absolute atomic E-state index is 0.119. The molecule has 2 aliphatic carbocycles. The lowest BCUT2D eigenvalue weighted by Gasteiger charge is -2.15. The van der Waals surface area contributed by atoms with Gasteiger partial charge >= 0.3 is 0 Å². The first-order chi connectivity index (χ1) is 6.73. The summed E-state index contributed by atoms with van der Waals surface area (Å²) in [5.74, 6) is 1.14. The van der Waals surface area contributed by atoms with Gasteiger partial charge in [-0.1, -0.05) is 18.6 Å². The molecule has 74 valence electrons. The molecular formula is C12H14FN. The van der Waals surface area contributed by atoms with Crippen molar-refractivity contribution in [3.05, 3.63) is 35.6 Å². The zero-order chi connectivity index (χ0) is 9.76. The van der Waals surface area contributed by atoms with Crippen LogP contribution in [0.1, 0.15) is 24.8 Å². The van der Waals surface area contributed by atoms with Gasteiger partial charge in [0.15, 0.2) is 0 Å². The Morgan fingerprint density at radius 2 is 1.71 bits per heavy atom. The Balaban J connectivity index is 1.93. The lowest BCUT2D eigenvalue weighted by Crippen LogP contribution is -2.25. The molecule has 0 aliphatic heterocycles. The molecule has 2 heteroatoms. The molecule has 1 aromatic carbocycles. The largest absolute Gasteiger partial charge is 0.321 e. The smallest absolute Gasteiger partial charge is 0.123 e. The van der Waals surface area contributed by atoms with E-state index in [1.807, 2.05) is 12.1 Å². The van der Waals surface area contributed by atoms with Crippen molar-refractivity contribution in [2.75, 3.05) is 0 Å². The van der Waals surface area contributed by atoms with Crippen molar-refractivity contribution in [1.82, 2.24) is 0 Å². The standard InChI is InChI=1S/C12H14FN/c13-9-6-4-8(5-7-9)12(14)10-2-1-3-11(10)12/h4-7,10-11H,1-3,14H2. The second kappa shape index (κ2) is 2.57. The Labute approximate surface area is 83.1 Å². The van der Waals surface area contributed by atoms with Crippen LogP contribution >= 0.6 is 0 Å². The zero-order valence-electron chi connectivity index (χ0n) is 8.04. The molecule has 0 saturated heterocycles. The highest BCUT2D eigenvalue weighted by Crippen LogP contribution is 2.64. The van der Waals surface area contributed by atoms with Gasteiger partial charge in [0.05, 0.1) is 0 Å². The van der Waals surface area contributed by atoms with E-state index in [1.165, 1.54) is 31.4 Å². The van der Waals surface area contributed by atoms with Gasteiger partial charge in [-0.25, -0.2) is 4.39 Å². The highest BCUT2D eigenvalue weighted by Gasteiger charge is 2.64. The summed E-state index contributed by atoms with van der Waals surface area (Å²) in [4.78, 5) is 0. The number of hydrogen-bond donors (Lipinski definition) is 1. The van der Waals surface area contributed by atoms with Gasteiger partial charge < -0.3 is 5.73 Å². The van der Waals surface area contributed by atoms with Crippen LogP contribution in [0.25, 0.3) is 0 Å². The maximum atomic E-state index is 12.7. The molecule has 0 amide bonds. The number of rotatable bonds is 1. The van der Waals surface area contributed by atoms with Gasteiger partial charge in [-0.15, -0.1) is 0 Å². The average molecular weight is 191 g/mol. The van der Waals surface area contributed by atoms with Crippen molar-refractivity contribution in [3.8, 4) is 0 Å². The predicted molar refractivity (Wildman–Crippen MR) is 53.1 cm³/mol. The molecule has 2 fully saturated rings. The fourth-order valence-electron chi connectivity index (χ4n) is 3.17. The van der Waals surface area contributed by atoms with Gasteiger partial charge in [-0.05, 0) is 42.4 Å². The molecule has 0 heterocycles. The predicted octanol–water partition coefficient (Wildman–Crippen LogP) is 2.41. The average Bonchev–Trinajstić information content (AvgIpc) is 2.63. The van der Waals surface area contributed by atoms with E-state index >= 15 is 0 Å². The molecule has 1 nitrogen and oxygen atoms in total. The Hall–Kier alpha value is -0.890. The Morgan fingerprint density at radius 3 is 2.29 bits per heavy atom. The number of nitrogens with two attached hydrogens (primary N) is 1. The van der Waals surface area contributed by atoms with Gasteiger partial charge in [0, 0.05) is 5.54 Å². The molecule has 2 aliphatic rings. The second-order valence-corrected chi connectivity index (χ2v) is 4.58. The third kappa shape index (κ3) is 0.921. The quantitative estimate of drug-likeness (QED) is 0.724. The first kappa shape index (κ1) is 8.42. The lowest BCUT2D eigenvalue weighted by molar-refractivity contribution is 0.525. The number of hydrogen-bond acceptors (Lipinski definition) is 1. The van der Waals surface area contributed by atoms with Gasteiger partial charge in [0.1, 0.15) is 5.82 Å². The molecule has 2 atom stereocenters. The summed E-state index contributed by atoms with van der Waals surface area (Å²) in [6, 6.07) is 6.71. The monoisotopic (exact) mass is 191 g/mol. The molecule has 0 spiro atoms. The second-order valence-electron chi connectivity index (χ2n) is 4.58. The molecule has 0 aromatic heterocycles. The minimum atomic E-state index is -0.178. The fraction of sp³-hybridized carbons (Fsp3) is 0.500. The molecule has 3 rings (SSSR count). The van der Waals surface area contributed by atoms with E-state index in [-0.39, 0.29) is 11.4 Å². The normalized spacial score (nSPS) is 39.6. The van der Waals surface area contributed by atoms with E-state index in [9.17, 15) is 4.39 Å². The van der Waals surface area contributed by atoms with Crippen molar-refractivity contribution in [2.45, 2.75) is 24.8 Å². The summed E-state index contributed by atoms with van der Waals surface area (Å²) < 4.78 is 12.7. The number of fused-ring (bicyclic) bond motifs is 1. The molecule has 0 radical (unpaired) electrons. The van der Waals surface area contributed by atoms with Crippen molar-refractivity contribution >= 4 is 0 Å². The van der Waals surface area contributed by atoms with E-state index in [0.29, 0.717) is 11.8 Å². The van der Waals surface area contributed by atoms with Crippen LogP contribution in [0.15, 0.2) is 24.3 Å². The van der Waals surface area contributed by atoms with Gasteiger partial charge in [0.25, 0.3) is 0 Å². The first-order valence-corrected chi connectivity index (χ1v) is 5.28. The summed E-state index contributed by atoms with van der Waals surface area (Å²) in [5, 5.41) is 0. The maximum Gasteiger partial charge on any atom is 0.123 e. The molecule has 2 N–H and O–H groups in total. The van der Waals surface area contributed by atoms with Crippen LogP contribution < -0.4 is 5.73 Å². The van der Waals surface area contributed by atoms with E-state index in [1.54, 1.807) is 0 Å². The molecular weight excluding hydrogens is 177 g/mol. The molecule has 2 unspecified atom stereocenters. The summed E-state index contributed by atoms with van der Waals surface area (Å²) >= 11 is 0. The Morgan fingerprint density at radius 1 is 1.14 bits per heavy atom. The van der Waals surface area contributed by atoms with Gasteiger partial charge in [0.2, 0.25) is 0 Å². The van der Waals surface area contributed by atoms with E-state index in [2.05, 4.69) is 0 Å². The molecule has 1 aromatic rings. The fourth-order valence-corrected chi connectivity index (χ4v) is 3.17. The van der Waals surface area contributed by atoms with Crippen LogP contribution in [0.5, 0.6) is 0 Å². The van der Waals surface area contributed by atoms with E-state index in [4.69, 9.17) is 5.73 Å². The van der Waals surface area contributed by atoms with Crippen molar-refractivity contribution in [2.24, 2.45) is 17.6 Å². The summed E-state index contributed by atoms with van der Waals surface area (Å²) in [6.07, 6.45) is 3.81. The van der Waals surface area contributed by atoms with Crippen molar-refractivity contribution in [3.63, 3.8) is 0 Å². The van der Waals surface area contributed by atoms with Crippen LogP contribution in [-0.2, 0) is 5.54 Å². The SMILES string of the molecule is NC1(c2ccc(F)cc2)C2CCCC21. The Bertz CT molecular complexity index is 347. The molecule has 14 heavy (non-hydrogen) atoms. The van der Waals surface area contributed by atoms with E-state index < -0.39 is 0 Å². The van der Waals surface area contributed by atoms with Crippen LogP contribution in [0, 0.1) is 17.7 Å². The topological polar surface area (TPSA) is 26.0 Å². The Kier molecular flexibility index (Phi) is 1.55. The third-order valence-electron chi connectivity index (χ3n) is 3.98. The highest BCUT2D eigenvalue weighted by molar-refractivity contribution is 5.36. The summed E-state index contributed by atoms with van der Waals surface area (Å²) in [5.41, 5.74) is 7.35. The van der Waals surface area contributed by atoms with Crippen LogP contribution in [-0.4, -0.2) is 0 Å². The molecule has 0 bridgehead atoms. The summed E-state index contributed by atoms with van der Waals surface area (Å²) in [7, 11) is 0. The maximum absolute atomic E-state index is 12.7. The van der Waals surface area contributed by atoms with Crippen LogP contribution in [0.2, 0.25) is 0 Å². The van der Waals surface area contributed by atoms with Gasteiger partial charge in [-0.2, -0.15) is 0 Å². The highest BCUT2D eigenvalue weighted by atomic mass is 19.1. The van der Waals surface area contributed by atoms with Gasteiger partial charge in [-0.3, -0.25) is 0 Å². The lowest BCUT2D eigenvalue weighted by atomic mass is 9.97. The number of halogens is 1. The third-order valence-corrected chi connectivity index (χ3v) is 3.98.